The lowest BCUT2D eigenvalue weighted by atomic mass is 10.1. The molecule has 0 unspecified atom stereocenters. The predicted octanol–water partition coefficient (Wildman–Crippen LogP) is 3.23. The van der Waals surface area contributed by atoms with Crippen molar-refractivity contribution in [2.75, 3.05) is 13.2 Å². The highest BCUT2D eigenvalue weighted by atomic mass is 16.5. The summed E-state index contributed by atoms with van der Waals surface area (Å²) in [5.74, 6) is 2.87. The van der Waals surface area contributed by atoms with Gasteiger partial charge in [0.15, 0.2) is 5.96 Å². The molecule has 22 heavy (non-hydrogen) atoms. The largest absolute Gasteiger partial charge is 0.493 e. The Morgan fingerprint density at radius 2 is 2.18 bits per heavy atom. The first kappa shape index (κ1) is 16.7. The van der Waals surface area contributed by atoms with Gasteiger partial charge in [-0.25, -0.2) is 4.99 Å². The van der Waals surface area contributed by atoms with Gasteiger partial charge in [-0.05, 0) is 49.7 Å². The Balaban J connectivity index is 1.89. The van der Waals surface area contributed by atoms with Crippen LogP contribution in [0.5, 0.6) is 5.75 Å². The summed E-state index contributed by atoms with van der Waals surface area (Å²) >= 11 is 0. The van der Waals surface area contributed by atoms with Crippen molar-refractivity contribution in [3.05, 3.63) is 29.3 Å². The number of nitrogens with two attached hydrogens (primary N) is 1. The Hall–Kier alpha value is -1.71. The van der Waals surface area contributed by atoms with E-state index in [9.17, 15) is 0 Å². The van der Waals surface area contributed by atoms with E-state index in [1.54, 1.807) is 0 Å². The molecule has 0 saturated heterocycles. The normalized spacial score (nSPS) is 15.2. The predicted molar refractivity (Wildman–Crippen MR) is 92.2 cm³/mol. The molecular weight excluding hydrogens is 274 g/mol. The van der Waals surface area contributed by atoms with Gasteiger partial charge in [-0.1, -0.05) is 26.0 Å². The van der Waals surface area contributed by atoms with Crippen LogP contribution >= 0.6 is 0 Å². The van der Waals surface area contributed by atoms with E-state index in [4.69, 9.17) is 10.5 Å². The molecule has 122 valence electrons. The zero-order valence-corrected chi connectivity index (χ0v) is 14.1. The van der Waals surface area contributed by atoms with E-state index < -0.39 is 0 Å². The first-order valence-corrected chi connectivity index (χ1v) is 8.30. The first-order chi connectivity index (χ1) is 10.5. The van der Waals surface area contributed by atoms with Crippen LogP contribution in [0.15, 0.2) is 23.2 Å². The molecule has 0 amide bonds. The maximum absolute atomic E-state index is 5.96. The molecule has 0 radical (unpaired) electrons. The summed E-state index contributed by atoms with van der Waals surface area (Å²) in [6.45, 7) is 8.73. The highest BCUT2D eigenvalue weighted by molar-refractivity contribution is 5.77. The summed E-state index contributed by atoms with van der Waals surface area (Å²) in [7, 11) is 0. The summed E-state index contributed by atoms with van der Waals surface area (Å²) in [5, 5.41) is 3.16. The number of ether oxygens (including phenoxy) is 1. The SMILES string of the molecule is Cc1ccc(CN=C(N)NCCC(C)C)c(OCC2CC2)c1. The topological polar surface area (TPSA) is 59.6 Å². The van der Waals surface area contributed by atoms with Crippen LogP contribution < -0.4 is 15.8 Å². The molecule has 1 aliphatic rings. The lowest BCUT2D eigenvalue weighted by molar-refractivity contribution is 0.296. The van der Waals surface area contributed by atoms with Gasteiger partial charge in [0.25, 0.3) is 0 Å². The Labute approximate surface area is 134 Å². The maximum Gasteiger partial charge on any atom is 0.188 e. The van der Waals surface area contributed by atoms with Crippen LogP contribution in [0.25, 0.3) is 0 Å². The van der Waals surface area contributed by atoms with Crippen LogP contribution in [0.4, 0.5) is 0 Å². The van der Waals surface area contributed by atoms with Crippen molar-refractivity contribution in [1.29, 1.82) is 0 Å². The number of guanidine groups is 1. The van der Waals surface area contributed by atoms with Crippen molar-refractivity contribution in [2.24, 2.45) is 22.6 Å². The van der Waals surface area contributed by atoms with E-state index in [2.05, 4.69) is 49.3 Å². The van der Waals surface area contributed by atoms with Crippen molar-refractivity contribution >= 4 is 5.96 Å². The number of benzene rings is 1. The molecular formula is C18H29N3O. The van der Waals surface area contributed by atoms with E-state index in [0.717, 1.165) is 36.8 Å². The van der Waals surface area contributed by atoms with E-state index in [1.165, 1.54) is 18.4 Å². The van der Waals surface area contributed by atoms with Crippen molar-refractivity contribution in [1.82, 2.24) is 5.32 Å². The van der Waals surface area contributed by atoms with Crippen LogP contribution in [0.3, 0.4) is 0 Å². The maximum atomic E-state index is 5.96. The van der Waals surface area contributed by atoms with Gasteiger partial charge in [-0.15, -0.1) is 0 Å². The number of aryl methyl sites for hydroxylation is 1. The number of hydrogen-bond donors (Lipinski definition) is 2. The van der Waals surface area contributed by atoms with Gasteiger partial charge in [-0.2, -0.15) is 0 Å². The molecule has 0 spiro atoms. The lowest BCUT2D eigenvalue weighted by Gasteiger charge is -2.12. The molecule has 1 aliphatic carbocycles. The van der Waals surface area contributed by atoms with Gasteiger partial charge in [0.1, 0.15) is 5.75 Å². The monoisotopic (exact) mass is 303 g/mol. The molecule has 0 aromatic heterocycles. The number of rotatable bonds is 8. The second kappa shape index (κ2) is 8.06. The Morgan fingerprint density at radius 1 is 1.41 bits per heavy atom. The molecule has 0 heterocycles. The van der Waals surface area contributed by atoms with Crippen LogP contribution in [-0.2, 0) is 6.54 Å². The molecule has 0 aliphatic heterocycles. The summed E-state index contributed by atoms with van der Waals surface area (Å²) in [6, 6.07) is 6.27. The molecule has 1 saturated carbocycles. The summed E-state index contributed by atoms with van der Waals surface area (Å²) < 4.78 is 5.96. The van der Waals surface area contributed by atoms with Gasteiger partial charge in [0.05, 0.1) is 13.2 Å². The van der Waals surface area contributed by atoms with Gasteiger partial charge in [-0.3, -0.25) is 0 Å². The third-order valence-electron chi connectivity index (χ3n) is 3.84. The van der Waals surface area contributed by atoms with Crippen molar-refractivity contribution < 1.29 is 4.74 Å². The number of aliphatic imine (C=N–C) groups is 1. The highest BCUT2D eigenvalue weighted by Gasteiger charge is 2.22. The Morgan fingerprint density at radius 3 is 2.86 bits per heavy atom. The van der Waals surface area contributed by atoms with Gasteiger partial charge in [0, 0.05) is 12.1 Å². The Kier molecular flexibility index (Phi) is 6.10. The molecule has 4 nitrogen and oxygen atoms in total. The van der Waals surface area contributed by atoms with Crippen LogP contribution in [0, 0.1) is 18.8 Å². The summed E-state index contributed by atoms with van der Waals surface area (Å²) in [5.41, 5.74) is 8.22. The standard InChI is InChI=1S/C18H29N3O/c1-13(2)8-9-20-18(19)21-11-16-7-4-14(3)10-17(16)22-12-15-5-6-15/h4,7,10,13,15H,5-6,8-9,11-12H2,1-3H3,(H3,19,20,21). The number of nitrogens with zero attached hydrogens (tertiary/aromatic N) is 1. The lowest BCUT2D eigenvalue weighted by Crippen LogP contribution is -2.32. The summed E-state index contributed by atoms with van der Waals surface area (Å²) in [6.07, 6.45) is 3.69. The minimum Gasteiger partial charge on any atom is -0.493 e. The molecule has 0 atom stereocenters. The molecule has 4 heteroatoms. The molecule has 1 aromatic rings. The third-order valence-corrected chi connectivity index (χ3v) is 3.84. The average Bonchev–Trinajstić information content (AvgIpc) is 3.28. The first-order valence-electron chi connectivity index (χ1n) is 8.30. The fourth-order valence-electron chi connectivity index (χ4n) is 2.13. The van der Waals surface area contributed by atoms with E-state index in [0.29, 0.717) is 18.4 Å². The molecule has 3 N–H and O–H groups in total. The van der Waals surface area contributed by atoms with Crippen LogP contribution in [-0.4, -0.2) is 19.1 Å². The second-order valence-electron chi connectivity index (χ2n) is 6.68. The number of nitrogens with one attached hydrogen (secondary N) is 1. The van der Waals surface area contributed by atoms with Gasteiger partial charge < -0.3 is 15.8 Å². The molecule has 1 fully saturated rings. The molecule has 1 aromatic carbocycles. The van der Waals surface area contributed by atoms with E-state index in [-0.39, 0.29) is 0 Å². The van der Waals surface area contributed by atoms with E-state index >= 15 is 0 Å². The van der Waals surface area contributed by atoms with E-state index in [1.807, 2.05) is 0 Å². The minimum atomic E-state index is 0.509. The van der Waals surface area contributed by atoms with Crippen LogP contribution in [0.2, 0.25) is 0 Å². The average molecular weight is 303 g/mol. The zero-order valence-electron chi connectivity index (χ0n) is 14.1. The fraction of sp³-hybridized carbons (Fsp3) is 0.611. The molecule has 2 rings (SSSR count). The fourth-order valence-corrected chi connectivity index (χ4v) is 2.13. The highest BCUT2D eigenvalue weighted by Crippen LogP contribution is 2.30. The summed E-state index contributed by atoms with van der Waals surface area (Å²) in [4.78, 5) is 4.43. The minimum absolute atomic E-state index is 0.509. The van der Waals surface area contributed by atoms with Crippen LogP contribution in [0.1, 0.15) is 44.2 Å². The second-order valence-corrected chi connectivity index (χ2v) is 6.68. The third kappa shape index (κ3) is 5.96. The number of hydrogen-bond acceptors (Lipinski definition) is 2. The molecule has 0 bridgehead atoms. The van der Waals surface area contributed by atoms with Crippen molar-refractivity contribution in [3.63, 3.8) is 0 Å². The van der Waals surface area contributed by atoms with Crippen molar-refractivity contribution in [2.45, 2.75) is 46.6 Å². The smallest absolute Gasteiger partial charge is 0.188 e. The van der Waals surface area contributed by atoms with Gasteiger partial charge in [0.2, 0.25) is 0 Å². The zero-order chi connectivity index (χ0) is 15.9. The van der Waals surface area contributed by atoms with Crippen molar-refractivity contribution in [3.8, 4) is 5.75 Å². The Bertz CT molecular complexity index is 507. The van der Waals surface area contributed by atoms with Gasteiger partial charge >= 0.3 is 0 Å². The quantitative estimate of drug-likeness (QED) is 0.572.